The van der Waals surface area contributed by atoms with Crippen LogP contribution in [0.25, 0.3) is 105 Å². The zero-order chi connectivity index (χ0) is 49.6. The number of para-hydroxylation sites is 4. The maximum Gasteiger partial charge on any atom is 0.0630 e. The molecule has 0 radical (unpaired) electrons. The molecule has 3 aliphatic carbocycles. The third kappa shape index (κ3) is 6.07. The van der Waals surface area contributed by atoms with Crippen LogP contribution in [-0.2, 0) is 6.42 Å². The minimum atomic E-state index is 0.152. The molecule has 3 atom stereocenters. The van der Waals surface area contributed by atoms with Crippen LogP contribution in [0.15, 0.2) is 255 Å². The lowest BCUT2D eigenvalue weighted by atomic mass is 9.82. The van der Waals surface area contributed by atoms with Gasteiger partial charge in [-0.1, -0.05) is 140 Å². The molecule has 1 aliphatic heterocycles. The van der Waals surface area contributed by atoms with Crippen molar-refractivity contribution in [3.8, 4) is 39.3 Å². The Labute approximate surface area is 440 Å². The molecule has 3 unspecified atom stereocenters. The van der Waals surface area contributed by atoms with Crippen molar-refractivity contribution in [2.24, 2.45) is 0 Å². The Bertz CT molecular complexity index is 4660. The van der Waals surface area contributed by atoms with Gasteiger partial charge in [-0.3, -0.25) is 0 Å². The summed E-state index contributed by atoms with van der Waals surface area (Å²) >= 11 is 0. The van der Waals surface area contributed by atoms with Crippen LogP contribution in [0.5, 0.6) is 0 Å². The van der Waals surface area contributed by atoms with Gasteiger partial charge in [-0.25, -0.2) is 0 Å². The van der Waals surface area contributed by atoms with Gasteiger partial charge in [0, 0.05) is 72.9 Å². The SMILES string of the molecule is C1=CC2C3C=C1c1ccc4c(c1)c1cc(ccc1n4-c1ccccc1)-c1ccc4c(c1)c1cc(ccc1n4-c1ccccc1)-c1ccc4c(c1)c1c(n4-c4ccccc4)C=CC(C1)c1ccc(c3c1)N2c1ccccc1. The molecule has 0 amide bonds. The number of rotatable bonds is 4. The number of fused-ring (bicyclic) bond motifs is 11. The average molecular weight is 969 g/mol. The Kier molecular flexibility index (Phi) is 8.76. The molecule has 76 heavy (non-hydrogen) atoms. The zero-order valence-corrected chi connectivity index (χ0v) is 41.6. The lowest BCUT2D eigenvalue weighted by Crippen LogP contribution is -2.28. The number of anilines is 2. The summed E-state index contributed by atoms with van der Waals surface area (Å²) < 4.78 is 7.36. The van der Waals surface area contributed by atoms with E-state index < -0.39 is 0 Å². The zero-order valence-electron chi connectivity index (χ0n) is 41.6. The molecule has 356 valence electrons. The van der Waals surface area contributed by atoms with E-state index in [4.69, 9.17) is 0 Å². The predicted octanol–water partition coefficient (Wildman–Crippen LogP) is 18.1. The summed E-state index contributed by atoms with van der Waals surface area (Å²) in [5, 5.41) is 6.27. The van der Waals surface area contributed by atoms with E-state index in [1.54, 1.807) is 0 Å². The second-order valence-corrected chi connectivity index (χ2v) is 21.2. The minimum absolute atomic E-state index is 0.152. The van der Waals surface area contributed by atoms with Gasteiger partial charge in [-0.2, -0.15) is 0 Å². The van der Waals surface area contributed by atoms with E-state index in [0.29, 0.717) is 0 Å². The lowest BCUT2D eigenvalue weighted by Gasteiger charge is -2.29. The smallest absolute Gasteiger partial charge is 0.0630 e. The quantitative estimate of drug-likeness (QED) is 0.172. The highest BCUT2D eigenvalue weighted by atomic mass is 15.2. The van der Waals surface area contributed by atoms with E-state index in [0.717, 1.165) is 17.8 Å². The van der Waals surface area contributed by atoms with E-state index >= 15 is 0 Å². The first-order valence-electron chi connectivity index (χ1n) is 26.7. The van der Waals surface area contributed by atoms with Crippen molar-refractivity contribution < 1.29 is 0 Å². The van der Waals surface area contributed by atoms with Crippen LogP contribution in [0, 0.1) is 0 Å². The third-order valence-electron chi connectivity index (χ3n) is 17.2. The van der Waals surface area contributed by atoms with E-state index in [1.165, 1.54) is 127 Å². The highest BCUT2D eigenvalue weighted by Gasteiger charge is 2.39. The number of aromatic nitrogens is 3. The average Bonchev–Trinajstić information content (AvgIpc) is 4.24. The van der Waals surface area contributed by atoms with Crippen LogP contribution in [-0.4, -0.2) is 19.7 Å². The van der Waals surface area contributed by atoms with Crippen LogP contribution in [0.3, 0.4) is 0 Å². The second kappa shape index (κ2) is 15.9. The fraction of sp³-hybridized carbons (Fsp3) is 0.0556. The first-order chi connectivity index (χ1) is 37.7. The first-order valence-corrected chi connectivity index (χ1v) is 26.7. The van der Waals surface area contributed by atoms with Crippen molar-refractivity contribution >= 4 is 77.5 Å². The van der Waals surface area contributed by atoms with Crippen LogP contribution in [0.4, 0.5) is 11.4 Å². The van der Waals surface area contributed by atoms with Gasteiger partial charge in [-0.15, -0.1) is 0 Å². The topological polar surface area (TPSA) is 18.0 Å². The Hall–Kier alpha value is -9.64. The summed E-state index contributed by atoms with van der Waals surface area (Å²) in [5.41, 5.74) is 24.7. The van der Waals surface area contributed by atoms with Crippen LogP contribution >= 0.6 is 0 Å². The van der Waals surface area contributed by atoms with Crippen LogP contribution in [0.1, 0.15) is 39.8 Å². The van der Waals surface area contributed by atoms with Crippen molar-refractivity contribution in [1.29, 1.82) is 0 Å². The number of nitrogens with zero attached hydrogens (tertiary/aromatic N) is 4. The monoisotopic (exact) mass is 968 g/mol. The van der Waals surface area contributed by atoms with Crippen molar-refractivity contribution in [3.05, 3.63) is 283 Å². The molecule has 3 aromatic heterocycles. The van der Waals surface area contributed by atoms with E-state index in [2.05, 4.69) is 280 Å². The fourth-order valence-corrected chi connectivity index (χ4v) is 13.7. The van der Waals surface area contributed by atoms with Gasteiger partial charge in [0.2, 0.25) is 0 Å². The normalized spacial score (nSPS) is 17.0. The summed E-state index contributed by atoms with van der Waals surface area (Å²) in [4.78, 5) is 2.57. The van der Waals surface area contributed by atoms with E-state index in [9.17, 15) is 0 Å². The molecule has 4 nitrogen and oxygen atoms in total. The summed E-state index contributed by atoms with van der Waals surface area (Å²) in [6.07, 6.45) is 13.2. The third-order valence-corrected chi connectivity index (χ3v) is 17.2. The van der Waals surface area contributed by atoms with Gasteiger partial charge in [0.1, 0.15) is 0 Å². The van der Waals surface area contributed by atoms with Crippen LogP contribution < -0.4 is 4.90 Å². The molecule has 0 spiro atoms. The Balaban J connectivity index is 0.937. The first kappa shape index (κ1) is 41.8. The predicted molar refractivity (Wildman–Crippen MR) is 317 cm³/mol. The summed E-state index contributed by atoms with van der Waals surface area (Å²) in [7, 11) is 0. The van der Waals surface area contributed by atoms with Gasteiger partial charge >= 0.3 is 0 Å². The van der Waals surface area contributed by atoms with Gasteiger partial charge in [0.05, 0.1) is 33.6 Å². The molecule has 13 aromatic rings. The molecule has 0 saturated carbocycles. The van der Waals surface area contributed by atoms with Gasteiger partial charge < -0.3 is 18.6 Å². The minimum Gasteiger partial charge on any atom is -0.333 e. The molecule has 0 N–H and O–H groups in total. The van der Waals surface area contributed by atoms with Crippen molar-refractivity contribution in [2.75, 3.05) is 4.90 Å². The number of hydrogen-bond donors (Lipinski definition) is 0. The molecule has 17 rings (SSSR count). The molecular weight excluding hydrogens is 921 g/mol. The Morgan fingerprint density at radius 1 is 0.355 bits per heavy atom. The molecule has 16 bridgehead atoms. The van der Waals surface area contributed by atoms with Crippen LogP contribution in [0.2, 0.25) is 0 Å². The second-order valence-electron chi connectivity index (χ2n) is 21.2. The number of hydrogen-bond acceptors (Lipinski definition) is 1. The molecule has 0 fully saturated rings. The summed E-state index contributed by atoms with van der Waals surface area (Å²) in [6, 6.07) is 86.7. The lowest BCUT2D eigenvalue weighted by molar-refractivity contribution is 0.745. The maximum atomic E-state index is 2.57. The highest BCUT2D eigenvalue weighted by molar-refractivity contribution is 6.14. The molecule has 4 heterocycles. The van der Waals surface area contributed by atoms with Crippen molar-refractivity contribution in [1.82, 2.24) is 13.7 Å². The maximum absolute atomic E-state index is 2.57. The highest BCUT2D eigenvalue weighted by Crippen LogP contribution is 2.51. The van der Waals surface area contributed by atoms with Gasteiger partial charge in [0.25, 0.3) is 0 Å². The molecular formula is C72H48N4. The molecule has 4 aliphatic rings. The van der Waals surface area contributed by atoms with Gasteiger partial charge in [-0.05, 0) is 178 Å². The molecule has 4 heteroatoms. The number of benzene rings is 10. The standard InChI is InChI=1S/C72H48N4/c1-5-13-53(14-6-1)73-65-29-21-45-37-57(65)58-38-46(22-30-66(58)73)48-24-32-68-60(40-48)62-42-50(26-34-70(62)75(68)55-17-9-3-10-18-55)52-28-36-72-64(44-52)63-43-51(27-35-71(63)76(72)56-19-11-4-12-20-56)49-25-33-69-61(41-49)59-39-47(45)23-31-67(59)74(69)54-15-7-2-8-16-54/h1-43,52,60,68H,44H2. The van der Waals surface area contributed by atoms with E-state index in [1.807, 2.05) is 0 Å². The Morgan fingerprint density at radius 3 is 1.33 bits per heavy atom. The molecule has 10 aromatic carbocycles. The molecule has 0 saturated heterocycles. The van der Waals surface area contributed by atoms with Crippen molar-refractivity contribution in [2.45, 2.75) is 24.3 Å². The summed E-state index contributed by atoms with van der Waals surface area (Å²) in [5.74, 6) is 0.366. The Morgan fingerprint density at radius 2 is 0.803 bits per heavy atom. The fourth-order valence-electron chi connectivity index (χ4n) is 13.7. The van der Waals surface area contributed by atoms with Crippen molar-refractivity contribution in [3.63, 3.8) is 0 Å². The van der Waals surface area contributed by atoms with E-state index in [-0.39, 0.29) is 17.9 Å². The summed E-state index contributed by atoms with van der Waals surface area (Å²) in [6.45, 7) is 0. The largest absolute Gasteiger partial charge is 0.333 e. The number of allylic oxidation sites excluding steroid dienone is 3. The van der Waals surface area contributed by atoms with Gasteiger partial charge in [0.15, 0.2) is 0 Å².